The maximum Gasteiger partial charge on any atom is 0.314 e. The first-order valence-electron chi connectivity index (χ1n) is 6.14. The first-order valence-corrected chi connectivity index (χ1v) is 6.14. The van der Waals surface area contributed by atoms with Gasteiger partial charge in [0.15, 0.2) is 0 Å². The molecule has 0 radical (unpaired) electrons. The first kappa shape index (κ1) is 10.8. The van der Waals surface area contributed by atoms with Crippen molar-refractivity contribution in [2.45, 2.75) is 43.1 Å². The van der Waals surface area contributed by atoms with E-state index in [1.54, 1.807) is 0 Å². The Balaban J connectivity index is 1.96. The van der Waals surface area contributed by atoms with Gasteiger partial charge in [-0.15, -0.1) is 0 Å². The van der Waals surface area contributed by atoms with Gasteiger partial charge in [0.25, 0.3) is 0 Å². The van der Waals surface area contributed by atoms with E-state index in [0.29, 0.717) is 18.8 Å². The summed E-state index contributed by atoms with van der Waals surface area (Å²) in [5, 5.41) is 18.8. The third kappa shape index (κ3) is 1.65. The number of rotatable bonds is 3. The molecule has 3 rings (SSSR count). The third-order valence-corrected chi connectivity index (χ3v) is 4.07. The summed E-state index contributed by atoms with van der Waals surface area (Å²) in [6, 6.07) is 7.92. The molecule has 2 aliphatic rings. The van der Waals surface area contributed by atoms with E-state index in [-0.39, 0.29) is 0 Å². The Labute approximate surface area is 100 Å². The summed E-state index contributed by atoms with van der Waals surface area (Å²) in [6.45, 7) is 0. The van der Waals surface area contributed by atoms with Gasteiger partial charge >= 0.3 is 5.97 Å². The molecule has 0 heterocycles. The van der Waals surface area contributed by atoms with Gasteiger partial charge in [-0.3, -0.25) is 4.79 Å². The van der Waals surface area contributed by atoms with Crippen molar-refractivity contribution in [2.24, 2.45) is 0 Å². The Morgan fingerprint density at radius 2 is 2.00 bits per heavy atom. The standard InChI is InChI=1S/C14H16O3/c15-12-7-14(8-12,13(16)17)11-3-1-2-10(6-11)9-4-5-9/h1-3,6,9,12,15H,4-5,7-8H2,(H,16,17). The van der Waals surface area contributed by atoms with Crippen molar-refractivity contribution < 1.29 is 15.0 Å². The van der Waals surface area contributed by atoms with Crippen LogP contribution in [0.3, 0.4) is 0 Å². The highest BCUT2D eigenvalue weighted by Gasteiger charge is 2.51. The van der Waals surface area contributed by atoms with Crippen LogP contribution in [-0.2, 0) is 10.2 Å². The van der Waals surface area contributed by atoms with Gasteiger partial charge in [0.1, 0.15) is 0 Å². The van der Waals surface area contributed by atoms with Crippen LogP contribution in [0.4, 0.5) is 0 Å². The fourth-order valence-electron chi connectivity index (χ4n) is 2.79. The number of carboxylic acids is 1. The largest absolute Gasteiger partial charge is 0.481 e. The van der Waals surface area contributed by atoms with Crippen LogP contribution < -0.4 is 0 Å². The molecule has 2 saturated carbocycles. The minimum atomic E-state index is -0.843. The van der Waals surface area contributed by atoms with Crippen molar-refractivity contribution in [1.29, 1.82) is 0 Å². The van der Waals surface area contributed by atoms with Crippen molar-refractivity contribution in [3.05, 3.63) is 35.4 Å². The summed E-state index contributed by atoms with van der Waals surface area (Å²) >= 11 is 0. The average molecular weight is 232 g/mol. The number of benzene rings is 1. The van der Waals surface area contributed by atoms with Crippen LogP contribution in [0.1, 0.15) is 42.7 Å². The lowest BCUT2D eigenvalue weighted by molar-refractivity contribution is -0.152. The Kier molecular flexibility index (Phi) is 2.26. The zero-order valence-corrected chi connectivity index (χ0v) is 9.60. The smallest absolute Gasteiger partial charge is 0.314 e. The highest BCUT2D eigenvalue weighted by atomic mass is 16.4. The molecule has 0 aromatic heterocycles. The van der Waals surface area contributed by atoms with Gasteiger partial charge in [-0.25, -0.2) is 0 Å². The fraction of sp³-hybridized carbons (Fsp3) is 0.500. The monoisotopic (exact) mass is 232 g/mol. The lowest BCUT2D eigenvalue weighted by Crippen LogP contribution is -2.50. The second-order valence-corrected chi connectivity index (χ2v) is 5.35. The van der Waals surface area contributed by atoms with Crippen molar-refractivity contribution >= 4 is 5.97 Å². The number of aliphatic carboxylic acids is 1. The van der Waals surface area contributed by atoms with Gasteiger partial charge < -0.3 is 10.2 Å². The second kappa shape index (κ2) is 3.57. The molecule has 0 atom stereocenters. The molecular weight excluding hydrogens is 216 g/mol. The predicted octanol–water partition coefficient (Wildman–Crippen LogP) is 2.04. The molecule has 0 unspecified atom stereocenters. The van der Waals surface area contributed by atoms with Crippen LogP contribution in [0.2, 0.25) is 0 Å². The third-order valence-electron chi connectivity index (χ3n) is 4.07. The first-order chi connectivity index (χ1) is 8.12. The lowest BCUT2D eigenvalue weighted by Gasteiger charge is -2.42. The molecule has 2 fully saturated rings. The highest BCUT2D eigenvalue weighted by molar-refractivity contribution is 5.83. The highest BCUT2D eigenvalue weighted by Crippen LogP contribution is 2.46. The topological polar surface area (TPSA) is 57.5 Å². The van der Waals surface area contributed by atoms with Crippen molar-refractivity contribution in [1.82, 2.24) is 0 Å². The van der Waals surface area contributed by atoms with Crippen LogP contribution in [-0.4, -0.2) is 22.3 Å². The summed E-state index contributed by atoms with van der Waals surface area (Å²) in [4.78, 5) is 11.4. The number of aliphatic hydroxyl groups excluding tert-OH is 1. The van der Waals surface area contributed by atoms with Gasteiger partial charge in [0, 0.05) is 0 Å². The lowest BCUT2D eigenvalue weighted by atomic mass is 9.62. The summed E-state index contributed by atoms with van der Waals surface area (Å²) in [5.41, 5.74) is 1.27. The molecule has 0 bridgehead atoms. The fourth-order valence-corrected chi connectivity index (χ4v) is 2.79. The number of hydrogen-bond acceptors (Lipinski definition) is 2. The minimum Gasteiger partial charge on any atom is -0.481 e. The summed E-state index contributed by atoms with van der Waals surface area (Å²) < 4.78 is 0. The molecule has 3 heteroatoms. The maximum atomic E-state index is 11.4. The zero-order valence-electron chi connectivity index (χ0n) is 9.60. The van der Waals surface area contributed by atoms with E-state index in [1.165, 1.54) is 18.4 Å². The summed E-state index contributed by atoms with van der Waals surface area (Å²) in [5.74, 6) is -0.179. The van der Waals surface area contributed by atoms with E-state index in [9.17, 15) is 15.0 Å². The van der Waals surface area contributed by atoms with E-state index >= 15 is 0 Å². The van der Waals surface area contributed by atoms with Crippen molar-refractivity contribution in [2.75, 3.05) is 0 Å². The van der Waals surface area contributed by atoms with E-state index in [4.69, 9.17) is 0 Å². The van der Waals surface area contributed by atoms with Crippen LogP contribution >= 0.6 is 0 Å². The predicted molar refractivity (Wildman–Crippen MR) is 63.0 cm³/mol. The Hall–Kier alpha value is -1.35. The number of carboxylic acid groups (broad SMARTS) is 1. The SMILES string of the molecule is O=C(O)C1(c2cccc(C3CC3)c2)CC(O)C1. The van der Waals surface area contributed by atoms with Gasteiger partial charge in [-0.2, -0.15) is 0 Å². The number of aliphatic hydroxyl groups is 1. The van der Waals surface area contributed by atoms with Gasteiger partial charge in [-0.05, 0) is 42.7 Å². The normalized spacial score (nSPS) is 31.9. The molecule has 3 nitrogen and oxygen atoms in total. The molecular formula is C14H16O3. The molecule has 90 valence electrons. The maximum absolute atomic E-state index is 11.4. The molecule has 2 aliphatic carbocycles. The van der Waals surface area contributed by atoms with E-state index < -0.39 is 17.5 Å². The molecule has 0 amide bonds. The number of carbonyl (C=O) groups is 1. The van der Waals surface area contributed by atoms with Gasteiger partial charge in [0.05, 0.1) is 11.5 Å². The average Bonchev–Trinajstić information content (AvgIpc) is 3.08. The van der Waals surface area contributed by atoms with E-state index in [2.05, 4.69) is 6.07 Å². The van der Waals surface area contributed by atoms with Crippen molar-refractivity contribution in [3.8, 4) is 0 Å². The Morgan fingerprint density at radius 3 is 2.53 bits per heavy atom. The molecule has 1 aromatic carbocycles. The number of hydrogen-bond donors (Lipinski definition) is 2. The molecule has 0 spiro atoms. The van der Waals surface area contributed by atoms with Crippen LogP contribution in [0.25, 0.3) is 0 Å². The van der Waals surface area contributed by atoms with Crippen LogP contribution in [0, 0.1) is 0 Å². The van der Waals surface area contributed by atoms with Crippen LogP contribution in [0.5, 0.6) is 0 Å². The Morgan fingerprint density at radius 1 is 1.29 bits per heavy atom. The second-order valence-electron chi connectivity index (χ2n) is 5.35. The van der Waals surface area contributed by atoms with Crippen LogP contribution in [0.15, 0.2) is 24.3 Å². The quantitative estimate of drug-likeness (QED) is 0.838. The molecule has 2 N–H and O–H groups in total. The zero-order chi connectivity index (χ0) is 12.0. The van der Waals surface area contributed by atoms with E-state index in [1.807, 2.05) is 18.2 Å². The van der Waals surface area contributed by atoms with E-state index in [0.717, 1.165) is 5.56 Å². The van der Waals surface area contributed by atoms with Gasteiger partial charge in [0.2, 0.25) is 0 Å². The summed E-state index contributed by atoms with van der Waals surface area (Å²) in [7, 11) is 0. The van der Waals surface area contributed by atoms with Crippen molar-refractivity contribution in [3.63, 3.8) is 0 Å². The summed E-state index contributed by atoms with van der Waals surface area (Å²) in [6.07, 6.45) is 2.65. The van der Waals surface area contributed by atoms with Gasteiger partial charge in [-0.1, -0.05) is 24.3 Å². The minimum absolute atomic E-state index is 0.344. The molecule has 0 aliphatic heterocycles. The molecule has 17 heavy (non-hydrogen) atoms. The molecule has 0 saturated heterocycles. The molecule has 1 aromatic rings. The Bertz CT molecular complexity index is 456.